The minimum atomic E-state index is -0.849. The van der Waals surface area contributed by atoms with E-state index in [0.29, 0.717) is 12.0 Å². The molecule has 1 unspecified atom stereocenters. The molecule has 0 aliphatic carbocycles. The second kappa shape index (κ2) is 9.71. The first kappa shape index (κ1) is 19.7. The van der Waals surface area contributed by atoms with Crippen molar-refractivity contribution in [2.75, 3.05) is 7.11 Å². The summed E-state index contributed by atoms with van der Waals surface area (Å²) in [6.07, 6.45) is 9.39. The predicted octanol–water partition coefficient (Wildman–Crippen LogP) is 4.21. The Hall–Kier alpha value is -1.36. The molecule has 0 spiro atoms. The van der Waals surface area contributed by atoms with Crippen molar-refractivity contribution in [3.63, 3.8) is 0 Å². The van der Waals surface area contributed by atoms with E-state index in [1.165, 1.54) is 6.42 Å². The molecule has 1 rings (SSSR count). The number of carbonyl (C=O) groups is 2. The molecule has 5 nitrogen and oxygen atoms in total. The van der Waals surface area contributed by atoms with Crippen LogP contribution < -0.4 is 0 Å². The van der Waals surface area contributed by atoms with Gasteiger partial charge in [0.1, 0.15) is 0 Å². The van der Waals surface area contributed by atoms with E-state index in [0.717, 1.165) is 50.5 Å². The Morgan fingerprint density at radius 2 is 1.57 bits per heavy atom. The number of ether oxygens (including phenoxy) is 2. The molecule has 0 bridgehead atoms. The maximum Gasteiger partial charge on any atom is 0.336 e. The molecule has 1 aliphatic rings. The van der Waals surface area contributed by atoms with Gasteiger partial charge in [-0.1, -0.05) is 38.5 Å². The second-order valence-corrected chi connectivity index (χ2v) is 6.32. The second-order valence-electron chi connectivity index (χ2n) is 6.32. The highest BCUT2D eigenvalue weighted by atomic mass is 16.7. The largest absolute Gasteiger partial charge is 0.481 e. The van der Waals surface area contributed by atoms with Crippen LogP contribution in [0.3, 0.4) is 0 Å². The van der Waals surface area contributed by atoms with Gasteiger partial charge in [-0.25, -0.2) is 4.79 Å². The number of hydrogen-bond acceptors (Lipinski definition) is 4. The monoisotopic (exact) mass is 326 g/mol. The number of methoxy groups -OCH3 is 1. The number of carbonyl (C=O) groups excluding carboxylic acids is 1. The summed E-state index contributed by atoms with van der Waals surface area (Å²) in [5.41, 5.74) is 1.55. The number of aliphatic carboxylic acids is 1. The normalized spacial score (nSPS) is 20.9. The van der Waals surface area contributed by atoms with Gasteiger partial charge < -0.3 is 14.6 Å². The summed E-state index contributed by atoms with van der Waals surface area (Å²) < 4.78 is 10.9. The van der Waals surface area contributed by atoms with Crippen LogP contribution in [0.5, 0.6) is 0 Å². The number of rotatable bonds is 12. The number of hydrogen-bond donors (Lipinski definition) is 1. The molecule has 0 aromatic rings. The summed E-state index contributed by atoms with van der Waals surface area (Å²) in [6.45, 7) is 3.68. The van der Waals surface area contributed by atoms with Gasteiger partial charge in [-0.3, -0.25) is 4.79 Å². The van der Waals surface area contributed by atoms with E-state index in [1.807, 2.05) is 6.92 Å². The van der Waals surface area contributed by atoms with Crippen molar-refractivity contribution in [3.8, 4) is 0 Å². The van der Waals surface area contributed by atoms with Crippen molar-refractivity contribution in [3.05, 3.63) is 11.1 Å². The molecule has 1 aliphatic heterocycles. The van der Waals surface area contributed by atoms with Gasteiger partial charge in [0.2, 0.25) is 5.79 Å². The molecule has 1 heterocycles. The molecule has 0 aromatic carbocycles. The van der Waals surface area contributed by atoms with Crippen molar-refractivity contribution < 1.29 is 24.2 Å². The highest BCUT2D eigenvalue weighted by Gasteiger charge is 2.43. The van der Waals surface area contributed by atoms with E-state index >= 15 is 0 Å². The lowest BCUT2D eigenvalue weighted by molar-refractivity contribution is -0.195. The zero-order valence-corrected chi connectivity index (χ0v) is 14.7. The molecule has 132 valence electrons. The number of carboxylic acid groups (broad SMARTS) is 1. The van der Waals surface area contributed by atoms with Gasteiger partial charge in [0.05, 0.1) is 0 Å². The summed E-state index contributed by atoms with van der Waals surface area (Å²) in [5, 5.41) is 8.55. The van der Waals surface area contributed by atoms with Crippen LogP contribution in [0.4, 0.5) is 0 Å². The lowest BCUT2D eigenvalue weighted by Crippen LogP contribution is -2.33. The minimum absolute atomic E-state index is 0.272. The standard InChI is InChI=1S/C18H30O5/c1-14-15(2)18(22-3,23-17(14)21)13-11-9-7-5-4-6-8-10-12-16(19)20/h4-13H2,1-3H3,(H,19,20). The molecule has 0 saturated carbocycles. The smallest absolute Gasteiger partial charge is 0.336 e. The van der Waals surface area contributed by atoms with Gasteiger partial charge in [0.25, 0.3) is 0 Å². The Bertz CT molecular complexity index is 441. The van der Waals surface area contributed by atoms with Crippen molar-refractivity contribution in [1.29, 1.82) is 0 Å². The third kappa shape index (κ3) is 5.98. The van der Waals surface area contributed by atoms with Gasteiger partial charge >= 0.3 is 11.9 Å². The predicted molar refractivity (Wildman–Crippen MR) is 88.0 cm³/mol. The average molecular weight is 326 g/mol. The zero-order chi connectivity index (χ0) is 17.3. The summed E-state index contributed by atoms with van der Waals surface area (Å²) in [4.78, 5) is 22.0. The Labute approximate surface area is 139 Å². The van der Waals surface area contributed by atoms with Crippen LogP contribution in [-0.4, -0.2) is 29.9 Å². The molecule has 23 heavy (non-hydrogen) atoms. The molecule has 0 radical (unpaired) electrons. The van der Waals surface area contributed by atoms with Crippen LogP contribution in [0.2, 0.25) is 0 Å². The first-order valence-corrected chi connectivity index (χ1v) is 8.61. The molecule has 0 amide bonds. The number of unbranched alkanes of at least 4 members (excludes halogenated alkanes) is 7. The third-order valence-corrected chi connectivity index (χ3v) is 4.67. The molecule has 5 heteroatoms. The molecular formula is C18H30O5. The Kier molecular flexibility index (Phi) is 8.31. The van der Waals surface area contributed by atoms with Crippen molar-refractivity contribution in [2.24, 2.45) is 0 Å². The van der Waals surface area contributed by atoms with Crippen LogP contribution in [0.25, 0.3) is 0 Å². The van der Waals surface area contributed by atoms with Crippen LogP contribution in [0, 0.1) is 0 Å². The van der Waals surface area contributed by atoms with Crippen LogP contribution in [0.1, 0.15) is 78.1 Å². The summed E-state index contributed by atoms with van der Waals surface area (Å²) in [7, 11) is 1.59. The van der Waals surface area contributed by atoms with E-state index in [-0.39, 0.29) is 12.4 Å². The van der Waals surface area contributed by atoms with Gasteiger partial charge in [-0.2, -0.15) is 0 Å². The summed E-state index contributed by atoms with van der Waals surface area (Å²) >= 11 is 0. The molecule has 1 N–H and O–H groups in total. The number of cyclic esters (lactones) is 1. The van der Waals surface area contributed by atoms with Crippen LogP contribution in [0.15, 0.2) is 11.1 Å². The van der Waals surface area contributed by atoms with E-state index in [4.69, 9.17) is 14.6 Å². The fourth-order valence-electron chi connectivity index (χ4n) is 2.97. The minimum Gasteiger partial charge on any atom is -0.481 e. The summed E-state index contributed by atoms with van der Waals surface area (Å²) in [6, 6.07) is 0. The molecule has 1 atom stereocenters. The lowest BCUT2D eigenvalue weighted by atomic mass is 9.98. The van der Waals surface area contributed by atoms with Gasteiger partial charge in [0, 0.05) is 31.1 Å². The highest BCUT2D eigenvalue weighted by Crippen LogP contribution is 2.37. The molecule has 0 aromatic heterocycles. The average Bonchev–Trinajstić information content (AvgIpc) is 2.73. The van der Waals surface area contributed by atoms with E-state index in [9.17, 15) is 9.59 Å². The van der Waals surface area contributed by atoms with E-state index in [2.05, 4.69) is 0 Å². The first-order chi connectivity index (χ1) is 10.9. The van der Waals surface area contributed by atoms with Gasteiger partial charge in [0.15, 0.2) is 0 Å². The highest BCUT2D eigenvalue weighted by molar-refractivity contribution is 5.92. The SMILES string of the molecule is COC1(CCCCCCCCCCC(=O)O)OC(=O)C(C)=C1C. The van der Waals surface area contributed by atoms with Crippen molar-refractivity contribution >= 4 is 11.9 Å². The Balaban J connectivity index is 2.11. The quantitative estimate of drug-likeness (QED) is 0.429. The molecule has 0 saturated heterocycles. The van der Waals surface area contributed by atoms with E-state index < -0.39 is 11.8 Å². The maximum atomic E-state index is 11.7. The lowest BCUT2D eigenvalue weighted by Gasteiger charge is -2.28. The topological polar surface area (TPSA) is 72.8 Å². The Morgan fingerprint density at radius 1 is 1.04 bits per heavy atom. The fourth-order valence-corrected chi connectivity index (χ4v) is 2.97. The van der Waals surface area contributed by atoms with Crippen molar-refractivity contribution in [1.82, 2.24) is 0 Å². The summed E-state index contributed by atoms with van der Waals surface area (Å²) in [5.74, 6) is -1.83. The van der Waals surface area contributed by atoms with Crippen LogP contribution in [-0.2, 0) is 19.1 Å². The van der Waals surface area contributed by atoms with Gasteiger partial charge in [-0.15, -0.1) is 0 Å². The molecular weight excluding hydrogens is 296 g/mol. The first-order valence-electron chi connectivity index (χ1n) is 8.61. The van der Waals surface area contributed by atoms with Crippen LogP contribution >= 0.6 is 0 Å². The fraction of sp³-hybridized carbons (Fsp3) is 0.778. The Morgan fingerprint density at radius 3 is 2.00 bits per heavy atom. The van der Waals surface area contributed by atoms with E-state index in [1.54, 1.807) is 14.0 Å². The molecule has 0 fully saturated rings. The van der Waals surface area contributed by atoms with Gasteiger partial charge in [-0.05, 0) is 26.7 Å². The number of carboxylic acids is 1. The third-order valence-electron chi connectivity index (χ3n) is 4.67. The maximum absolute atomic E-state index is 11.7. The van der Waals surface area contributed by atoms with Crippen molar-refractivity contribution in [2.45, 2.75) is 83.8 Å². The number of esters is 1. The zero-order valence-electron chi connectivity index (χ0n) is 14.7.